The number of hydrogen-bond donors (Lipinski definition) is 0. The summed E-state index contributed by atoms with van der Waals surface area (Å²) in [5, 5.41) is 0.729. The summed E-state index contributed by atoms with van der Waals surface area (Å²) >= 11 is 0. The number of benzene rings is 2. The standard InChI is InChI=1S/C17H13FO2/c18-14-6-9-17-13(10-14)11-15(20-17)7-8-16(19)12-4-2-1-3-5-12/h1-6,9-11H,7-8H2. The fraction of sp³-hybridized carbons (Fsp3) is 0.118. The zero-order chi connectivity index (χ0) is 13.9. The number of fused-ring (bicyclic) bond motifs is 1. The Morgan fingerprint density at radius 1 is 1.05 bits per heavy atom. The van der Waals surface area contributed by atoms with E-state index in [-0.39, 0.29) is 11.6 Å². The van der Waals surface area contributed by atoms with Gasteiger partial charge in [0.05, 0.1) is 0 Å². The van der Waals surface area contributed by atoms with E-state index < -0.39 is 0 Å². The number of carbonyl (C=O) groups excluding carboxylic acids is 1. The van der Waals surface area contributed by atoms with Crippen LogP contribution in [0.5, 0.6) is 0 Å². The molecule has 0 bridgehead atoms. The molecule has 0 atom stereocenters. The van der Waals surface area contributed by atoms with E-state index in [1.165, 1.54) is 12.1 Å². The Bertz CT molecular complexity index is 744. The van der Waals surface area contributed by atoms with Crippen molar-refractivity contribution in [2.24, 2.45) is 0 Å². The Morgan fingerprint density at radius 3 is 2.65 bits per heavy atom. The highest BCUT2D eigenvalue weighted by atomic mass is 19.1. The first kappa shape index (κ1) is 12.6. The molecule has 3 aromatic rings. The lowest BCUT2D eigenvalue weighted by atomic mass is 10.1. The number of halogens is 1. The summed E-state index contributed by atoms with van der Waals surface area (Å²) in [5.74, 6) is 0.498. The maximum absolute atomic E-state index is 13.1. The van der Waals surface area contributed by atoms with Gasteiger partial charge < -0.3 is 4.42 Å². The lowest BCUT2D eigenvalue weighted by Crippen LogP contribution is -2.00. The molecule has 1 heterocycles. The highest BCUT2D eigenvalue weighted by molar-refractivity contribution is 5.96. The SMILES string of the molecule is O=C(CCc1cc2cc(F)ccc2o1)c1ccccc1. The molecule has 0 aliphatic heterocycles. The smallest absolute Gasteiger partial charge is 0.163 e. The molecule has 3 rings (SSSR count). The minimum Gasteiger partial charge on any atom is -0.461 e. The molecule has 1 aromatic heterocycles. The average Bonchev–Trinajstić information content (AvgIpc) is 2.87. The molecule has 0 radical (unpaired) electrons. The molecule has 0 spiro atoms. The van der Waals surface area contributed by atoms with Crippen LogP contribution in [-0.2, 0) is 6.42 Å². The van der Waals surface area contributed by atoms with Crippen LogP contribution in [0.2, 0.25) is 0 Å². The van der Waals surface area contributed by atoms with Crippen LogP contribution in [0.15, 0.2) is 59.0 Å². The predicted octanol–water partition coefficient (Wildman–Crippen LogP) is 4.39. The molecule has 0 saturated carbocycles. The molecule has 2 aromatic carbocycles. The largest absolute Gasteiger partial charge is 0.461 e. The van der Waals surface area contributed by atoms with E-state index in [1.54, 1.807) is 24.3 Å². The van der Waals surface area contributed by atoms with Crippen molar-refractivity contribution in [3.05, 3.63) is 71.7 Å². The third-order valence-corrected chi connectivity index (χ3v) is 3.22. The maximum Gasteiger partial charge on any atom is 0.163 e. The Kier molecular flexibility index (Phi) is 3.33. The van der Waals surface area contributed by atoms with Crippen molar-refractivity contribution in [2.75, 3.05) is 0 Å². The van der Waals surface area contributed by atoms with Gasteiger partial charge in [0.25, 0.3) is 0 Å². The number of rotatable bonds is 4. The quantitative estimate of drug-likeness (QED) is 0.657. The Balaban J connectivity index is 1.72. The highest BCUT2D eigenvalue weighted by Crippen LogP contribution is 2.21. The summed E-state index contributed by atoms with van der Waals surface area (Å²) in [7, 11) is 0. The van der Waals surface area contributed by atoms with Gasteiger partial charge in [-0.2, -0.15) is 0 Å². The second kappa shape index (κ2) is 5.29. The number of hydrogen-bond acceptors (Lipinski definition) is 2. The Morgan fingerprint density at radius 2 is 1.85 bits per heavy atom. The van der Waals surface area contributed by atoms with Crippen molar-refractivity contribution in [3.8, 4) is 0 Å². The van der Waals surface area contributed by atoms with Gasteiger partial charge in [-0.25, -0.2) is 4.39 Å². The number of furan rings is 1. The summed E-state index contributed by atoms with van der Waals surface area (Å²) in [6, 6.07) is 15.4. The molecule has 0 N–H and O–H groups in total. The van der Waals surface area contributed by atoms with Crippen LogP contribution in [0.3, 0.4) is 0 Å². The van der Waals surface area contributed by atoms with Gasteiger partial charge in [-0.3, -0.25) is 4.79 Å². The van der Waals surface area contributed by atoms with Crippen LogP contribution in [0, 0.1) is 5.82 Å². The second-order valence-electron chi connectivity index (χ2n) is 4.68. The molecule has 0 amide bonds. The second-order valence-corrected chi connectivity index (χ2v) is 4.68. The van der Waals surface area contributed by atoms with E-state index in [4.69, 9.17) is 4.42 Å². The molecule has 0 unspecified atom stereocenters. The monoisotopic (exact) mass is 268 g/mol. The van der Waals surface area contributed by atoms with E-state index >= 15 is 0 Å². The minimum absolute atomic E-state index is 0.0808. The molecule has 0 aliphatic carbocycles. The van der Waals surface area contributed by atoms with Gasteiger partial charge in [-0.05, 0) is 24.3 Å². The first-order valence-electron chi connectivity index (χ1n) is 6.48. The van der Waals surface area contributed by atoms with Crippen molar-refractivity contribution in [3.63, 3.8) is 0 Å². The fourth-order valence-electron chi connectivity index (χ4n) is 2.20. The van der Waals surface area contributed by atoms with Crippen molar-refractivity contribution in [1.82, 2.24) is 0 Å². The molecular formula is C17H13FO2. The van der Waals surface area contributed by atoms with E-state index in [1.807, 2.05) is 18.2 Å². The van der Waals surface area contributed by atoms with Gasteiger partial charge in [-0.15, -0.1) is 0 Å². The van der Waals surface area contributed by atoms with Gasteiger partial charge in [0.1, 0.15) is 17.2 Å². The summed E-state index contributed by atoms with van der Waals surface area (Å²) < 4.78 is 18.7. The Labute approximate surface area is 115 Å². The van der Waals surface area contributed by atoms with E-state index in [0.29, 0.717) is 29.7 Å². The summed E-state index contributed by atoms with van der Waals surface area (Å²) in [4.78, 5) is 12.0. The predicted molar refractivity (Wildman–Crippen MR) is 75.3 cm³/mol. The third kappa shape index (κ3) is 2.62. The summed E-state index contributed by atoms with van der Waals surface area (Å²) in [5.41, 5.74) is 1.35. The molecule has 20 heavy (non-hydrogen) atoms. The normalized spacial score (nSPS) is 10.8. The van der Waals surface area contributed by atoms with Gasteiger partial charge in [0.15, 0.2) is 5.78 Å². The summed E-state index contributed by atoms with van der Waals surface area (Å²) in [6.45, 7) is 0. The minimum atomic E-state index is -0.287. The highest BCUT2D eigenvalue weighted by Gasteiger charge is 2.09. The number of carbonyl (C=O) groups is 1. The van der Waals surface area contributed by atoms with Crippen LogP contribution in [0.1, 0.15) is 22.5 Å². The molecule has 0 aliphatic rings. The van der Waals surface area contributed by atoms with Crippen molar-refractivity contribution >= 4 is 16.8 Å². The van der Waals surface area contributed by atoms with E-state index in [2.05, 4.69) is 0 Å². The van der Waals surface area contributed by atoms with Crippen LogP contribution in [-0.4, -0.2) is 5.78 Å². The molecule has 100 valence electrons. The number of aryl methyl sites for hydroxylation is 1. The molecule has 3 heteroatoms. The van der Waals surface area contributed by atoms with Gasteiger partial charge >= 0.3 is 0 Å². The number of ketones is 1. The maximum atomic E-state index is 13.1. The molecule has 2 nitrogen and oxygen atoms in total. The van der Waals surface area contributed by atoms with E-state index in [0.717, 1.165) is 5.39 Å². The van der Waals surface area contributed by atoms with Crippen molar-refractivity contribution in [2.45, 2.75) is 12.8 Å². The fourth-order valence-corrected chi connectivity index (χ4v) is 2.20. The van der Waals surface area contributed by atoms with Gasteiger partial charge in [-0.1, -0.05) is 30.3 Å². The topological polar surface area (TPSA) is 30.2 Å². The Hall–Kier alpha value is -2.42. The average molecular weight is 268 g/mol. The van der Waals surface area contributed by atoms with Crippen LogP contribution >= 0.6 is 0 Å². The van der Waals surface area contributed by atoms with E-state index in [9.17, 15) is 9.18 Å². The molecule has 0 fully saturated rings. The van der Waals surface area contributed by atoms with Crippen molar-refractivity contribution in [1.29, 1.82) is 0 Å². The summed E-state index contributed by atoms with van der Waals surface area (Å²) in [6.07, 6.45) is 0.899. The van der Waals surface area contributed by atoms with Crippen LogP contribution in [0.25, 0.3) is 11.0 Å². The molecule has 0 saturated heterocycles. The van der Waals surface area contributed by atoms with Crippen LogP contribution in [0.4, 0.5) is 4.39 Å². The zero-order valence-corrected chi connectivity index (χ0v) is 10.8. The third-order valence-electron chi connectivity index (χ3n) is 3.22. The van der Waals surface area contributed by atoms with Crippen LogP contribution < -0.4 is 0 Å². The van der Waals surface area contributed by atoms with Gasteiger partial charge in [0, 0.05) is 23.8 Å². The van der Waals surface area contributed by atoms with Crippen molar-refractivity contribution < 1.29 is 13.6 Å². The van der Waals surface area contributed by atoms with Gasteiger partial charge in [0.2, 0.25) is 0 Å². The lowest BCUT2D eigenvalue weighted by Gasteiger charge is -1.98. The first-order chi connectivity index (χ1) is 9.72. The first-order valence-corrected chi connectivity index (χ1v) is 6.48. The zero-order valence-electron chi connectivity index (χ0n) is 10.8. The molecular weight excluding hydrogens is 255 g/mol. The lowest BCUT2D eigenvalue weighted by molar-refractivity contribution is 0.0981. The number of Topliss-reactive ketones (excluding diaryl/α,β-unsaturated/α-hetero) is 1.